The number of carbonyl (C=O) groups is 3. The maximum atomic E-state index is 12.8. The van der Waals surface area contributed by atoms with Gasteiger partial charge in [0.25, 0.3) is 0 Å². The number of rotatable bonds is 9. The molecule has 8 nitrogen and oxygen atoms in total. The second-order valence-corrected chi connectivity index (χ2v) is 8.84. The molecule has 1 saturated heterocycles. The largest absolute Gasteiger partial charge is 0.480 e. The summed E-state index contributed by atoms with van der Waals surface area (Å²) in [6.07, 6.45) is 1.82. The molecule has 1 aliphatic carbocycles. The van der Waals surface area contributed by atoms with Crippen molar-refractivity contribution in [2.24, 2.45) is 0 Å². The number of aliphatic carboxylic acids is 1. The summed E-state index contributed by atoms with van der Waals surface area (Å²) in [5.41, 5.74) is 4.49. The van der Waals surface area contributed by atoms with Gasteiger partial charge < -0.3 is 20.1 Å². The Morgan fingerprint density at radius 2 is 1.76 bits per heavy atom. The molecule has 2 aromatic carbocycles. The van der Waals surface area contributed by atoms with Crippen molar-refractivity contribution in [1.82, 2.24) is 15.1 Å². The minimum absolute atomic E-state index is 0.0724. The van der Waals surface area contributed by atoms with Gasteiger partial charge in [0, 0.05) is 32.6 Å². The Bertz CT molecular complexity index is 1010. The molecular formula is C26H31N3O5. The number of benzene rings is 2. The van der Waals surface area contributed by atoms with E-state index in [9.17, 15) is 19.5 Å². The molecule has 4 rings (SSSR count). The summed E-state index contributed by atoms with van der Waals surface area (Å²) in [7, 11) is 1.47. The van der Waals surface area contributed by atoms with Gasteiger partial charge in [0.05, 0.1) is 0 Å². The van der Waals surface area contributed by atoms with Crippen molar-refractivity contribution in [1.29, 1.82) is 0 Å². The standard InChI is InChI=1S/C26H31N3O5/c1-28(23(24(30)31)13-6-7-15-29-16-8-14-27-25(29)32)26(33)34-17-22-20-11-4-2-9-18(20)19-10-3-5-12-21(19)22/h2-5,9-12,22-23H,6-8,13-17H2,1H3,(H,27,32)(H,30,31)/t23-/m0/s1. The van der Waals surface area contributed by atoms with Gasteiger partial charge in [-0.2, -0.15) is 0 Å². The number of likely N-dealkylation sites (N-methyl/N-ethyl adjacent to an activating group) is 1. The van der Waals surface area contributed by atoms with Gasteiger partial charge in [0.15, 0.2) is 0 Å². The number of urea groups is 1. The third-order valence-corrected chi connectivity index (χ3v) is 6.70. The molecule has 1 aliphatic heterocycles. The van der Waals surface area contributed by atoms with E-state index in [2.05, 4.69) is 17.4 Å². The van der Waals surface area contributed by atoms with E-state index in [0.717, 1.165) is 28.7 Å². The number of amides is 3. The van der Waals surface area contributed by atoms with E-state index < -0.39 is 18.1 Å². The van der Waals surface area contributed by atoms with E-state index in [1.54, 1.807) is 4.90 Å². The Labute approximate surface area is 199 Å². The lowest BCUT2D eigenvalue weighted by molar-refractivity contribution is -0.142. The Hall–Kier alpha value is -3.55. The fourth-order valence-corrected chi connectivity index (χ4v) is 4.84. The molecule has 2 aromatic rings. The SMILES string of the molecule is CN(C(=O)OCC1c2ccccc2-c2ccccc21)[C@@H](CCCCN1CCCNC1=O)C(=O)O. The second kappa shape index (κ2) is 10.6. The Kier molecular flexibility index (Phi) is 7.35. The molecule has 1 fully saturated rings. The van der Waals surface area contributed by atoms with Gasteiger partial charge in [-0.25, -0.2) is 14.4 Å². The molecule has 0 aromatic heterocycles. The number of carboxylic acids is 1. The molecule has 0 radical (unpaired) electrons. The molecule has 0 saturated carbocycles. The maximum absolute atomic E-state index is 12.8. The lowest BCUT2D eigenvalue weighted by atomic mass is 9.98. The smallest absolute Gasteiger partial charge is 0.410 e. The Morgan fingerprint density at radius 3 is 2.38 bits per heavy atom. The van der Waals surface area contributed by atoms with E-state index in [1.807, 2.05) is 36.4 Å². The molecule has 2 aliphatic rings. The van der Waals surface area contributed by atoms with Gasteiger partial charge in [-0.1, -0.05) is 48.5 Å². The molecule has 3 amide bonds. The first-order chi connectivity index (χ1) is 16.5. The zero-order valence-corrected chi connectivity index (χ0v) is 19.4. The molecule has 0 unspecified atom stereocenters. The van der Waals surface area contributed by atoms with Crippen molar-refractivity contribution in [2.45, 2.75) is 37.6 Å². The summed E-state index contributed by atoms with van der Waals surface area (Å²) in [5, 5.41) is 12.5. The van der Waals surface area contributed by atoms with Gasteiger partial charge in [-0.05, 0) is 47.9 Å². The van der Waals surface area contributed by atoms with Crippen LogP contribution < -0.4 is 5.32 Å². The van der Waals surface area contributed by atoms with Gasteiger partial charge in [-0.3, -0.25) is 4.90 Å². The Morgan fingerprint density at radius 1 is 1.12 bits per heavy atom. The highest BCUT2D eigenvalue weighted by molar-refractivity contribution is 5.81. The van der Waals surface area contributed by atoms with Crippen molar-refractivity contribution in [3.8, 4) is 11.1 Å². The average molecular weight is 466 g/mol. The van der Waals surface area contributed by atoms with Gasteiger partial charge in [0.1, 0.15) is 12.6 Å². The van der Waals surface area contributed by atoms with Crippen LogP contribution in [0, 0.1) is 0 Å². The number of carbonyl (C=O) groups excluding carboxylic acids is 2. The van der Waals surface area contributed by atoms with E-state index in [0.29, 0.717) is 38.9 Å². The molecule has 34 heavy (non-hydrogen) atoms. The molecule has 1 atom stereocenters. The van der Waals surface area contributed by atoms with Crippen molar-refractivity contribution >= 4 is 18.1 Å². The monoisotopic (exact) mass is 465 g/mol. The highest BCUT2D eigenvalue weighted by Crippen LogP contribution is 2.44. The van der Waals surface area contributed by atoms with E-state index in [1.165, 1.54) is 11.9 Å². The van der Waals surface area contributed by atoms with Crippen molar-refractivity contribution in [3.63, 3.8) is 0 Å². The van der Waals surface area contributed by atoms with Gasteiger partial charge in [-0.15, -0.1) is 0 Å². The molecule has 0 spiro atoms. The summed E-state index contributed by atoms with van der Waals surface area (Å²) < 4.78 is 5.61. The van der Waals surface area contributed by atoms with Gasteiger partial charge >= 0.3 is 18.1 Å². The van der Waals surface area contributed by atoms with Crippen LogP contribution in [0.25, 0.3) is 11.1 Å². The Balaban J connectivity index is 1.32. The fraction of sp³-hybridized carbons (Fsp3) is 0.423. The van der Waals surface area contributed by atoms with E-state index in [4.69, 9.17) is 4.74 Å². The minimum Gasteiger partial charge on any atom is -0.480 e. The average Bonchev–Trinajstić information content (AvgIpc) is 3.16. The van der Waals surface area contributed by atoms with Crippen LogP contribution >= 0.6 is 0 Å². The summed E-state index contributed by atoms with van der Waals surface area (Å²) in [6, 6.07) is 15.1. The first kappa shape index (κ1) is 23.6. The molecule has 180 valence electrons. The van der Waals surface area contributed by atoms with Crippen LogP contribution in [0.4, 0.5) is 9.59 Å². The summed E-state index contributed by atoms with van der Waals surface area (Å²) >= 11 is 0. The second-order valence-electron chi connectivity index (χ2n) is 8.84. The molecular weight excluding hydrogens is 434 g/mol. The van der Waals surface area contributed by atoms with Crippen molar-refractivity contribution in [3.05, 3.63) is 59.7 Å². The zero-order valence-electron chi connectivity index (χ0n) is 19.4. The van der Waals surface area contributed by atoms with Crippen molar-refractivity contribution in [2.75, 3.05) is 33.3 Å². The number of hydrogen-bond acceptors (Lipinski definition) is 4. The van der Waals surface area contributed by atoms with Crippen LogP contribution in [-0.2, 0) is 9.53 Å². The normalized spacial score (nSPS) is 15.8. The first-order valence-corrected chi connectivity index (χ1v) is 11.8. The van der Waals surface area contributed by atoms with Crippen LogP contribution in [0.3, 0.4) is 0 Å². The number of fused-ring (bicyclic) bond motifs is 3. The lowest BCUT2D eigenvalue weighted by Crippen LogP contribution is -2.46. The van der Waals surface area contributed by atoms with Crippen LogP contribution in [-0.4, -0.2) is 72.3 Å². The van der Waals surface area contributed by atoms with Crippen LogP contribution in [0.1, 0.15) is 42.7 Å². The van der Waals surface area contributed by atoms with E-state index >= 15 is 0 Å². The van der Waals surface area contributed by atoms with Crippen LogP contribution in [0.5, 0.6) is 0 Å². The predicted octanol–water partition coefficient (Wildman–Crippen LogP) is 3.91. The number of hydrogen-bond donors (Lipinski definition) is 2. The van der Waals surface area contributed by atoms with Crippen LogP contribution in [0.15, 0.2) is 48.5 Å². The number of ether oxygens (including phenoxy) is 1. The number of unbranched alkanes of at least 4 members (excludes halogenated alkanes) is 1. The highest BCUT2D eigenvalue weighted by atomic mass is 16.6. The lowest BCUT2D eigenvalue weighted by Gasteiger charge is -2.28. The molecule has 2 N–H and O–H groups in total. The van der Waals surface area contributed by atoms with E-state index in [-0.39, 0.29) is 18.6 Å². The first-order valence-electron chi connectivity index (χ1n) is 11.8. The highest BCUT2D eigenvalue weighted by Gasteiger charge is 2.31. The van der Waals surface area contributed by atoms with Crippen molar-refractivity contribution < 1.29 is 24.2 Å². The molecule has 1 heterocycles. The summed E-state index contributed by atoms with van der Waals surface area (Å²) in [6.45, 7) is 2.13. The number of nitrogens with one attached hydrogen (secondary N) is 1. The zero-order chi connectivity index (χ0) is 24.1. The maximum Gasteiger partial charge on any atom is 0.410 e. The number of nitrogens with zero attached hydrogens (tertiary/aromatic N) is 2. The topological polar surface area (TPSA) is 99.2 Å². The fourth-order valence-electron chi connectivity index (χ4n) is 4.84. The quantitative estimate of drug-likeness (QED) is 0.547. The number of carboxylic acid groups (broad SMARTS) is 1. The predicted molar refractivity (Wildman–Crippen MR) is 128 cm³/mol. The summed E-state index contributed by atoms with van der Waals surface area (Å²) in [5.74, 6) is -1.14. The van der Waals surface area contributed by atoms with Gasteiger partial charge in [0.2, 0.25) is 0 Å². The third kappa shape index (κ3) is 5.00. The van der Waals surface area contributed by atoms with Crippen LogP contribution in [0.2, 0.25) is 0 Å². The molecule has 8 heteroatoms. The summed E-state index contributed by atoms with van der Waals surface area (Å²) in [4.78, 5) is 39.4. The molecule has 0 bridgehead atoms. The third-order valence-electron chi connectivity index (χ3n) is 6.70. The minimum atomic E-state index is -1.06.